The third kappa shape index (κ3) is 5.75. The van der Waals surface area contributed by atoms with Gasteiger partial charge in [-0.15, -0.1) is 0 Å². The SMILES string of the molecule is CC(C)(C)NC(=O)Nc1nccnc1OCc1cccc(Cl)c1. The zero-order chi connectivity index (χ0) is 16.9. The van der Waals surface area contributed by atoms with Gasteiger partial charge in [-0.1, -0.05) is 23.7 Å². The first kappa shape index (κ1) is 17.0. The number of hydrogen-bond acceptors (Lipinski definition) is 4. The van der Waals surface area contributed by atoms with Crippen molar-refractivity contribution in [3.05, 3.63) is 47.2 Å². The number of hydrogen-bond donors (Lipinski definition) is 2. The van der Waals surface area contributed by atoms with E-state index >= 15 is 0 Å². The van der Waals surface area contributed by atoms with Gasteiger partial charge in [-0.25, -0.2) is 14.8 Å². The Bertz CT molecular complexity index is 686. The number of anilines is 1. The van der Waals surface area contributed by atoms with Crippen LogP contribution in [0, 0.1) is 0 Å². The lowest BCUT2D eigenvalue weighted by Gasteiger charge is -2.20. The smallest absolute Gasteiger partial charge is 0.320 e. The van der Waals surface area contributed by atoms with Crippen LogP contribution in [0.4, 0.5) is 10.6 Å². The Labute approximate surface area is 140 Å². The molecule has 0 atom stereocenters. The number of carbonyl (C=O) groups excluding carboxylic acids is 1. The van der Waals surface area contributed by atoms with Gasteiger partial charge in [0.1, 0.15) is 6.61 Å². The van der Waals surface area contributed by atoms with Crippen LogP contribution in [0.5, 0.6) is 5.88 Å². The summed E-state index contributed by atoms with van der Waals surface area (Å²) < 4.78 is 5.63. The molecule has 0 radical (unpaired) electrons. The molecule has 0 fully saturated rings. The largest absolute Gasteiger partial charge is 0.470 e. The second kappa shape index (κ2) is 7.28. The first-order chi connectivity index (χ1) is 10.8. The van der Waals surface area contributed by atoms with Gasteiger partial charge in [0.25, 0.3) is 5.88 Å². The number of ether oxygens (including phenoxy) is 1. The van der Waals surface area contributed by atoms with Crippen molar-refractivity contribution in [1.29, 1.82) is 0 Å². The average molecular weight is 335 g/mol. The molecular formula is C16H19ClN4O2. The molecule has 1 aromatic heterocycles. The van der Waals surface area contributed by atoms with Gasteiger partial charge < -0.3 is 10.1 Å². The average Bonchev–Trinajstić information content (AvgIpc) is 2.44. The van der Waals surface area contributed by atoms with Crippen LogP contribution in [0.25, 0.3) is 0 Å². The third-order valence-electron chi connectivity index (χ3n) is 2.65. The molecule has 1 heterocycles. The molecule has 122 valence electrons. The Kier molecular flexibility index (Phi) is 5.39. The van der Waals surface area contributed by atoms with Crippen molar-refractivity contribution < 1.29 is 9.53 Å². The summed E-state index contributed by atoms with van der Waals surface area (Å²) in [5.41, 5.74) is 0.543. The molecule has 0 aliphatic rings. The minimum absolute atomic E-state index is 0.247. The standard InChI is InChI=1S/C16H19ClN4O2/c1-16(2,3)21-15(22)20-13-14(19-8-7-18-13)23-10-11-5-4-6-12(17)9-11/h4-9H,10H2,1-3H3,(H2,18,20,21,22). The van der Waals surface area contributed by atoms with Crippen LogP contribution in [0.3, 0.4) is 0 Å². The number of amides is 2. The van der Waals surface area contributed by atoms with E-state index in [9.17, 15) is 4.79 Å². The van der Waals surface area contributed by atoms with Crippen molar-refractivity contribution >= 4 is 23.4 Å². The molecule has 0 unspecified atom stereocenters. The van der Waals surface area contributed by atoms with Crippen LogP contribution in [0.15, 0.2) is 36.7 Å². The summed E-state index contributed by atoms with van der Waals surface area (Å²) in [5.74, 6) is 0.507. The van der Waals surface area contributed by atoms with Crippen molar-refractivity contribution in [2.75, 3.05) is 5.32 Å². The van der Waals surface area contributed by atoms with E-state index in [0.717, 1.165) is 5.56 Å². The molecule has 2 rings (SSSR count). The molecule has 2 aromatic rings. The van der Waals surface area contributed by atoms with Gasteiger partial charge in [0, 0.05) is 23.0 Å². The van der Waals surface area contributed by atoms with Crippen molar-refractivity contribution in [2.45, 2.75) is 32.9 Å². The molecule has 2 N–H and O–H groups in total. The summed E-state index contributed by atoms with van der Waals surface area (Å²) in [6.07, 6.45) is 2.99. The Morgan fingerprint density at radius 1 is 1.26 bits per heavy atom. The number of benzene rings is 1. The van der Waals surface area contributed by atoms with E-state index in [-0.39, 0.29) is 29.9 Å². The van der Waals surface area contributed by atoms with Crippen LogP contribution in [0.2, 0.25) is 5.02 Å². The van der Waals surface area contributed by atoms with Gasteiger partial charge in [-0.05, 0) is 38.5 Å². The molecular weight excluding hydrogens is 316 g/mol. The fraction of sp³-hybridized carbons (Fsp3) is 0.312. The maximum absolute atomic E-state index is 11.9. The van der Waals surface area contributed by atoms with E-state index in [0.29, 0.717) is 5.02 Å². The van der Waals surface area contributed by atoms with Crippen LogP contribution in [-0.4, -0.2) is 21.5 Å². The Balaban J connectivity index is 2.04. The second-order valence-electron chi connectivity index (χ2n) is 5.96. The molecule has 0 saturated carbocycles. The molecule has 0 bridgehead atoms. The summed E-state index contributed by atoms with van der Waals surface area (Å²) in [6.45, 7) is 5.94. The monoisotopic (exact) mass is 334 g/mol. The van der Waals surface area contributed by atoms with E-state index in [1.165, 1.54) is 12.4 Å². The Morgan fingerprint density at radius 3 is 2.70 bits per heavy atom. The zero-order valence-corrected chi connectivity index (χ0v) is 14.0. The topological polar surface area (TPSA) is 76.1 Å². The van der Waals surface area contributed by atoms with Gasteiger partial charge in [0.05, 0.1) is 0 Å². The molecule has 2 amide bonds. The number of rotatable bonds is 4. The van der Waals surface area contributed by atoms with Gasteiger partial charge in [-0.3, -0.25) is 5.32 Å². The summed E-state index contributed by atoms with van der Waals surface area (Å²) in [6, 6.07) is 6.95. The van der Waals surface area contributed by atoms with E-state index in [1.807, 2.05) is 32.9 Å². The maximum atomic E-state index is 11.9. The van der Waals surface area contributed by atoms with Crippen LogP contribution in [0.1, 0.15) is 26.3 Å². The molecule has 1 aromatic carbocycles. The molecule has 7 heteroatoms. The molecule has 23 heavy (non-hydrogen) atoms. The van der Waals surface area contributed by atoms with E-state index in [1.54, 1.807) is 12.1 Å². The summed E-state index contributed by atoms with van der Waals surface area (Å²) in [5, 5.41) is 6.06. The fourth-order valence-electron chi connectivity index (χ4n) is 1.77. The van der Waals surface area contributed by atoms with Crippen molar-refractivity contribution in [2.24, 2.45) is 0 Å². The lowest BCUT2D eigenvalue weighted by atomic mass is 10.1. The fourth-order valence-corrected chi connectivity index (χ4v) is 1.99. The molecule has 0 aliphatic heterocycles. The van der Waals surface area contributed by atoms with Crippen molar-refractivity contribution in [3.8, 4) is 5.88 Å². The van der Waals surface area contributed by atoms with E-state index < -0.39 is 0 Å². The number of carbonyl (C=O) groups is 1. The van der Waals surface area contributed by atoms with Gasteiger partial charge in [-0.2, -0.15) is 0 Å². The van der Waals surface area contributed by atoms with Crippen LogP contribution >= 0.6 is 11.6 Å². The lowest BCUT2D eigenvalue weighted by Crippen LogP contribution is -2.43. The highest BCUT2D eigenvalue weighted by molar-refractivity contribution is 6.30. The first-order valence-electron chi connectivity index (χ1n) is 7.11. The predicted octanol–water partition coefficient (Wildman–Crippen LogP) is 3.63. The molecule has 6 nitrogen and oxygen atoms in total. The highest BCUT2D eigenvalue weighted by Crippen LogP contribution is 2.20. The predicted molar refractivity (Wildman–Crippen MR) is 89.7 cm³/mol. The van der Waals surface area contributed by atoms with E-state index in [4.69, 9.17) is 16.3 Å². The zero-order valence-electron chi connectivity index (χ0n) is 13.3. The van der Waals surface area contributed by atoms with Gasteiger partial charge >= 0.3 is 6.03 Å². The van der Waals surface area contributed by atoms with Crippen LogP contribution in [-0.2, 0) is 6.61 Å². The number of urea groups is 1. The molecule has 0 saturated heterocycles. The third-order valence-corrected chi connectivity index (χ3v) is 2.88. The number of aromatic nitrogens is 2. The quantitative estimate of drug-likeness (QED) is 0.895. The second-order valence-corrected chi connectivity index (χ2v) is 6.39. The normalized spacial score (nSPS) is 11.0. The Morgan fingerprint density at radius 2 is 2.00 bits per heavy atom. The summed E-state index contributed by atoms with van der Waals surface area (Å²) in [7, 11) is 0. The van der Waals surface area contributed by atoms with Gasteiger partial charge in [0.15, 0.2) is 5.82 Å². The molecule has 0 spiro atoms. The number of nitrogens with zero attached hydrogens (tertiary/aromatic N) is 2. The number of halogens is 1. The van der Waals surface area contributed by atoms with Gasteiger partial charge in [0.2, 0.25) is 0 Å². The first-order valence-corrected chi connectivity index (χ1v) is 7.49. The highest BCUT2D eigenvalue weighted by atomic mass is 35.5. The summed E-state index contributed by atoms with van der Waals surface area (Å²) in [4.78, 5) is 20.1. The highest BCUT2D eigenvalue weighted by Gasteiger charge is 2.16. The Hall–Kier alpha value is -2.34. The van der Waals surface area contributed by atoms with Crippen molar-refractivity contribution in [1.82, 2.24) is 15.3 Å². The maximum Gasteiger partial charge on any atom is 0.320 e. The van der Waals surface area contributed by atoms with E-state index in [2.05, 4.69) is 20.6 Å². The lowest BCUT2D eigenvalue weighted by molar-refractivity contribution is 0.243. The minimum atomic E-state index is -0.370. The minimum Gasteiger partial charge on any atom is -0.470 e. The van der Waals surface area contributed by atoms with Crippen LogP contribution < -0.4 is 15.4 Å². The summed E-state index contributed by atoms with van der Waals surface area (Å²) >= 11 is 5.94. The molecule has 0 aliphatic carbocycles. The van der Waals surface area contributed by atoms with Crippen molar-refractivity contribution in [3.63, 3.8) is 0 Å². The number of nitrogens with one attached hydrogen (secondary N) is 2.